The molecule has 1 heterocycles. The van der Waals surface area contributed by atoms with Crippen LogP contribution in [0.5, 0.6) is 0 Å². The molecule has 0 radical (unpaired) electrons. The van der Waals surface area contributed by atoms with Crippen molar-refractivity contribution in [2.45, 2.75) is 19.3 Å². The fourth-order valence-electron chi connectivity index (χ4n) is 2.78. The highest BCUT2D eigenvalue weighted by Gasteiger charge is 2.07. The lowest BCUT2D eigenvalue weighted by molar-refractivity contribution is -0.112. The molecule has 4 heteroatoms. The molecular formula is C18H18FNOSi. The Balaban J connectivity index is 1.53. The van der Waals surface area contributed by atoms with Gasteiger partial charge in [-0.25, -0.2) is 4.39 Å². The normalized spacial score (nSPS) is 11.5. The average molecular weight is 311 g/mol. The molecule has 0 aliphatic rings. The van der Waals surface area contributed by atoms with Crippen molar-refractivity contribution in [1.29, 1.82) is 0 Å². The number of carbonyl (C=O) groups is 1. The van der Waals surface area contributed by atoms with Crippen LogP contribution in [0.4, 0.5) is 4.39 Å². The molecule has 0 aliphatic heterocycles. The molecule has 0 amide bonds. The second-order valence-electron chi connectivity index (χ2n) is 5.56. The Morgan fingerprint density at radius 1 is 1.14 bits per heavy atom. The van der Waals surface area contributed by atoms with E-state index in [-0.39, 0.29) is 5.82 Å². The largest absolute Gasteiger partial charge is 0.361 e. The summed E-state index contributed by atoms with van der Waals surface area (Å²) in [5, 5.41) is 2.42. The van der Waals surface area contributed by atoms with Crippen LogP contribution in [-0.2, 0) is 11.2 Å². The quantitative estimate of drug-likeness (QED) is 0.698. The van der Waals surface area contributed by atoms with E-state index >= 15 is 0 Å². The van der Waals surface area contributed by atoms with Crippen molar-refractivity contribution in [2.24, 2.45) is 0 Å². The van der Waals surface area contributed by atoms with Crippen molar-refractivity contribution < 1.29 is 9.18 Å². The van der Waals surface area contributed by atoms with Gasteiger partial charge >= 0.3 is 0 Å². The summed E-state index contributed by atoms with van der Waals surface area (Å²) in [7, 11) is -1.02. The second kappa shape index (κ2) is 6.71. The lowest BCUT2D eigenvalue weighted by Crippen LogP contribution is -2.23. The summed E-state index contributed by atoms with van der Waals surface area (Å²) in [6.07, 6.45) is 4.36. The maximum absolute atomic E-state index is 13.1. The molecule has 3 rings (SSSR count). The molecule has 3 aromatic rings. The van der Waals surface area contributed by atoms with Crippen molar-refractivity contribution in [1.82, 2.24) is 4.98 Å². The van der Waals surface area contributed by atoms with Crippen LogP contribution in [0.1, 0.15) is 18.4 Å². The summed E-state index contributed by atoms with van der Waals surface area (Å²) in [4.78, 5) is 15.3. The molecular weight excluding hydrogens is 293 g/mol. The van der Waals surface area contributed by atoms with Gasteiger partial charge in [0.1, 0.15) is 20.7 Å². The van der Waals surface area contributed by atoms with Crippen LogP contribution in [0, 0.1) is 5.82 Å². The zero-order chi connectivity index (χ0) is 15.4. The summed E-state index contributed by atoms with van der Waals surface area (Å²) >= 11 is 0. The van der Waals surface area contributed by atoms with Gasteiger partial charge in [0.15, 0.2) is 0 Å². The van der Waals surface area contributed by atoms with Crippen molar-refractivity contribution >= 4 is 31.0 Å². The third-order valence-corrected chi connectivity index (χ3v) is 5.46. The van der Waals surface area contributed by atoms with E-state index in [4.69, 9.17) is 0 Å². The van der Waals surface area contributed by atoms with E-state index in [0.29, 0.717) is 11.8 Å². The van der Waals surface area contributed by atoms with Crippen LogP contribution in [0.2, 0.25) is 0 Å². The Bertz CT molecular complexity index is 796. The molecule has 1 aromatic heterocycles. The predicted octanol–water partition coefficient (Wildman–Crippen LogP) is 2.65. The Labute approximate surface area is 131 Å². The average Bonchev–Trinajstić information content (AvgIpc) is 2.91. The minimum Gasteiger partial charge on any atom is -0.361 e. The number of nitrogens with one attached hydrogen (secondary N) is 1. The van der Waals surface area contributed by atoms with Crippen LogP contribution in [0.15, 0.2) is 54.7 Å². The zero-order valence-electron chi connectivity index (χ0n) is 12.3. The smallest absolute Gasteiger partial charge is 0.133 e. The van der Waals surface area contributed by atoms with Gasteiger partial charge in [0.2, 0.25) is 0 Å². The van der Waals surface area contributed by atoms with E-state index in [2.05, 4.69) is 17.1 Å². The second-order valence-corrected chi connectivity index (χ2v) is 7.52. The summed E-state index contributed by atoms with van der Waals surface area (Å²) in [6.45, 7) is 0. The Morgan fingerprint density at radius 2 is 2.00 bits per heavy atom. The van der Waals surface area contributed by atoms with E-state index in [0.717, 1.165) is 23.5 Å². The van der Waals surface area contributed by atoms with Crippen LogP contribution in [0.25, 0.3) is 10.9 Å². The molecule has 0 saturated carbocycles. The van der Waals surface area contributed by atoms with Crippen LogP contribution in [-0.4, -0.2) is 19.9 Å². The minimum absolute atomic E-state index is 0.253. The summed E-state index contributed by atoms with van der Waals surface area (Å²) in [5.41, 5.74) is 2.40. The number of hydrogen-bond donors (Lipinski definition) is 1. The third kappa shape index (κ3) is 3.51. The van der Waals surface area contributed by atoms with Gasteiger partial charge in [-0.15, -0.1) is 0 Å². The molecule has 0 bridgehead atoms. The van der Waals surface area contributed by atoms with Gasteiger partial charge in [-0.3, -0.25) is 0 Å². The molecule has 2 nitrogen and oxygen atoms in total. The highest BCUT2D eigenvalue weighted by atomic mass is 28.2. The number of aromatic nitrogens is 1. The van der Waals surface area contributed by atoms with Gasteiger partial charge in [-0.1, -0.05) is 35.5 Å². The molecule has 0 aliphatic carbocycles. The third-order valence-electron chi connectivity index (χ3n) is 3.87. The SMILES string of the molecule is O=C(CCCc1c[nH]c2ccccc12)[SiH2]c1cccc(F)c1. The lowest BCUT2D eigenvalue weighted by atomic mass is 10.1. The van der Waals surface area contributed by atoms with E-state index < -0.39 is 9.52 Å². The highest BCUT2D eigenvalue weighted by molar-refractivity contribution is 6.84. The first-order valence-corrected chi connectivity index (χ1v) is 8.95. The van der Waals surface area contributed by atoms with E-state index in [9.17, 15) is 9.18 Å². The lowest BCUT2D eigenvalue weighted by Gasteiger charge is -2.02. The van der Waals surface area contributed by atoms with Crippen molar-refractivity contribution in [3.05, 3.63) is 66.1 Å². The number of hydrogen-bond acceptors (Lipinski definition) is 1. The maximum atomic E-state index is 13.1. The summed E-state index contributed by atoms with van der Waals surface area (Å²) in [6, 6.07) is 14.6. The minimum atomic E-state index is -1.02. The standard InChI is InChI=1S/C18H18FNOSi/c19-14-6-4-7-15(11-14)22-18(21)10-3-5-13-12-20-17-9-2-1-8-16(13)17/h1-2,4,6-9,11-12,20H,3,5,10,22H2. The number of fused-ring (bicyclic) bond motifs is 1. The molecule has 0 unspecified atom stereocenters. The molecule has 22 heavy (non-hydrogen) atoms. The first-order valence-electron chi connectivity index (χ1n) is 7.53. The van der Waals surface area contributed by atoms with E-state index in [1.165, 1.54) is 23.1 Å². The number of aromatic amines is 1. The van der Waals surface area contributed by atoms with Crippen LogP contribution < -0.4 is 5.19 Å². The number of aryl methyl sites for hydroxylation is 1. The summed E-state index contributed by atoms with van der Waals surface area (Å²) in [5.74, 6) is -0.253. The van der Waals surface area contributed by atoms with Gasteiger partial charge in [-0.2, -0.15) is 0 Å². The molecule has 2 aromatic carbocycles. The van der Waals surface area contributed by atoms with Gasteiger partial charge in [-0.05, 0) is 36.6 Å². The number of benzene rings is 2. The van der Waals surface area contributed by atoms with Crippen molar-refractivity contribution in [2.75, 3.05) is 0 Å². The van der Waals surface area contributed by atoms with Crippen molar-refractivity contribution in [3.63, 3.8) is 0 Å². The van der Waals surface area contributed by atoms with Crippen LogP contribution in [0.3, 0.4) is 0 Å². The first-order chi connectivity index (χ1) is 10.7. The van der Waals surface area contributed by atoms with E-state index in [1.807, 2.05) is 24.4 Å². The Kier molecular flexibility index (Phi) is 4.49. The Hall–Kier alpha value is -2.20. The number of para-hydroxylation sites is 1. The number of halogens is 1. The van der Waals surface area contributed by atoms with Gasteiger partial charge in [0, 0.05) is 23.5 Å². The van der Waals surface area contributed by atoms with Gasteiger partial charge < -0.3 is 9.78 Å². The number of H-pyrrole nitrogens is 1. The topological polar surface area (TPSA) is 32.9 Å². The first kappa shape index (κ1) is 14.7. The van der Waals surface area contributed by atoms with Gasteiger partial charge in [0.05, 0.1) is 0 Å². The van der Waals surface area contributed by atoms with E-state index in [1.54, 1.807) is 6.07 Å². The number of rotatable bonds is 6. The van der Waals surface area contributed by atoms with Crippen LogP contribution >= 0.6 is 0 Å². The highest BCUT2D eigenvalue weighted by Crippen LogP contribution is 2.19. The molecule has 0 atom stereocenters. The van der Waals surface area contributed by atoms with Crippen molar-refractivity contribution in [3.8, 4) is 0 Å². The summed E-state index contributed by atoms with van der Waals surface area (Å²) < 4.78 is 13.1. The fraction of sp³-hybridized carbons (Fsp3) is 0.167. The van der Waals surface area contributed by atoms with Gasteiger partial charge in [0.25, 0.3) is 0 Å². The molecule has 112 valence electrons. The zero-order valence-corrected chi connectivity index (χ0v) is 13.7. The fourth-order valence-corrected chi connectivity index (χ4v) is 4.21. The molecule has 0 spiro atoms. The molecule has 0 fully saturated rings. The Morgan fingerprint density at radius 3 is 2.86 bits per heavy atom. The number of carbonyl (C=O) groups excluding carboxylic acids is 1. The predicted molar refractivity (Wildman–Crippen MR) is 90.8 cm³/mol. The maximum Gasteiger partial charge on any atom is 0.133 e. The molecule has 1 N–H and O–H groups in total. The molecule has 0 saturated heterocycles. The monoisotopic (exact) mass is 311 g/mol.